The Kier molecular flexibility index (Phi) is 2.80. The van der Waals surface area contributed by atoms with E-state index < -0.39 is 0 Å². The molecule has 1 aromatic carbocycles. The van der Waals surface area contributed by atoms with Crippen molar-refractivity contribution >= 4 is 11.0 Å². The minimum atomic E-state index is -0.345. The zero-order chi connectivity index (χ0) is 12.7. The quantitative estimate of drug-likeness (QED) is 0.869. The van der Waals surface area contributed by atoms with Crippen LogP contribution in [0, 0.1) is 5.82 Å². The molecule has 18 heavy (non-hydrogen) atoms. The van der Waals surface area contributed by atoms with Crippen molar-refractivity contribution in [2.75, 3.05) is 6.61 Å². The Morgan fingerprint density at radius 2 is 2.28 bits per heavy atom. The van der Waals surface area contributed by atoms with Gasteiger partial charge in [0, 0.05) is 12.6 Å². The second kappa shape index (κ2) is 4.33. The van der Waals surface area contributed by atoms with Crippen molar-refractivity contribution in [2.24, 2.45) is 5.73 Å². The van der Waals surface area contributed by atoms with Gasteiger partial charge in [-0.1, -0.05) is 6.07 Å². The van der Waals surface area contributed by atoms with Crippen molar-refractivity contribution in [2.45, 2.75) is 31.3 Å². The van der Waals surface area contributed by atoms with E-state index >= 15 is 0 Å². The number of hydrogen-bond donors (Lipinski definition) is 2. The fourth-order valence-electron chi connectivity index (χ4n) is 2.35. The highest BCUT2D eigenvalue weighted by atomic mass is 19.1. The maximum absolute atomic E-state index is 13.7. The lowest BCUT2D eigenvalue weighted by Crippen LogP contribution is -2.17. The van der Waals surface area contributed by atoms with Gasteiger partial charge in [-0.3, -0.25) is 0 Å². The molecule has 1 heterocycles. The first-order valence-corrected chi connectivity index (χ1v) is 6.25. The van der Waals surface area contributed by atoms with Crippen molar-refractivity contribution in [3.8, 4) is 0 Å². The third kappa shape index (κ3) is 1.79. The molecule has 1 aliphatic carbocycles. The van der Waals surface area contributed by atoms with Crippen LogP contribution in [0.2, 0.25) is 0 Å². The van der Waals surface area contributed by atoms with E-state index in [-0.39, 0.29) is 18.5 Å². The van der Waals surface area contributed by atoms with Crippen LogP contribution in [0.1, 0.15) is 37.2 Å². The summed E-state index contributed by atoms with van der Waals surface area (Å²) < 4.78 is 15.8. The average molecular weight is 249 g/mol. The minimum absolute atomic E-state index is 0.0114. The number of nitrogens with two attached hydrogens (primary N) is 1. The van der Waals surface area contributed by atoms with E-state index in [2.05, 4.69) is 4.98 Å². The van der Waals surface area contributed by atoms with Gasteiger partial charge < -0.3 is 15.4 Å². The zero-order valence-electron chi connectivity index (χ0n) is 10.0. The van der Waals surface area contributed by atoms with Crippen LogP contribution >= 0.6 is 0 Å². The van der Waals surface area contributed by atoms with Crippen LogP contribution in [0.4, 0.5) is 4.39 Å². The van der Waals surface area contributed by atoms with Crippen molar-refractivity contribution in [3.05, 3.63) is 29.8 Å². The topological polar surface area (TPSA) is 64.1 Å². The Bertz CT molecular complexity index is 577. The number of hydrogen-bond acceptors (Lipinski definition) is 3. The van der Waals surface area contributed by atoms with Crippen molar-refractivity contribution in [1.82, 2.24) is 9.55 Å². The predicted molar refractivity (Wildman–Crippen MR) is 66.6 cm³/mol. The molecule has 0 bridgehead atoms. The van der Waals surface area contributed by atoms with E-state index in [1.54, 1.807) is 6.07 Å². The molecule has 1 aliphatic rings. The second-order valence-corrected chi connectivity index (χ2v) is 4.80. The number of aromatic nitrogens is 2. The van der Waals surface area contributed by atoms with Gasteiger partial charge in [0.2, 0.25) is 0 Å². The molecule has 1 aromatic heterocycles. The van der Waals surface area contributed by atoms with Gasteiger partial charge in [-0.25, -0.2) is 9.37 Å². The Hall–Kier alpha value is -1.46. The Balaban J connectivity index is 2.17. The molecule has 1 fully saturated rings. The van der Waals surface area contributed by atoms with Gasteiger partial charge in [0.05, 0.1) is 11.6 Å². The van der Waals surface area contributed by atoms with Crippen molar-refractivity contribution < 1.29 is 9.50 Å². The fraction of sp³-hybridized carbons (Fsp3) is 0.462. The Labute approximate surface area is 104 Å². The van der Waals surface area contributed by atoms with Gasteiger partial charge >= 0.3 is 0 Å². The average Bonchev–Trinajstić information content (AvgIpc) is 3.10. The maximum Gasteiger partial charge on any atom is 0.151 e. The highest BCUT2D eigenvalue weighted by Crippen LogP contribution is 2.40. The molecule has 0 amide bonds. The summed E-state index contributed by atoms with van der Waals surface area (Å²) in [7, 11) is 0. The molecule has 0 radical (unpaired) electrons. The number of rotatable bonds is 4. The molecule has 1 saturated carbocycles. The molecule has 96 valence electrons. The molecule has 1 atom stereocenters. The standard InChI is InChI=1S/C13H16FN3O/c14-9-2-1-3-11-12(9)16-13(10(15)6-7-18)17(11)8-4-5-8/h1-3,8,10,18H,4-7,15H2. The summed E-state index contributed by atoms with van der Waals surface area (Å²) in [5.41, 5.74) is 7.21. The molecule has 3 rings (SSSR count). The molecular formula is C13H16FN3O. The lowest BCUT2D eigenvalue weighted by Gasteiger charge is -2.12. The Morgan fingerprint density at radius 3 is 2.94 bits per heavy atom. The molecule has 1 unspecified atom stereocenters. The smallest absolute Gasteiger partial charge is 0.151 e. The number of aliphatic hydroxyl groups is 1. The first kappa shape index (κ1) is 11.6. The van der Waals surface area contributed by atoms with Gasteiger partial charge in [-0.15, -0.1) is 0 Å². The molecule has 5 heteroatoms. The van der Waals surface area contributed by atoms with E-state index in [0.717, 1.165) is 18.4 Å². The van der Waals surface area contributed by atoms with E-state index in [1.807, 2.05) is 10.6 Å². The summed E-state index contributed by atoms with van der Waals surface area (Å²) in [6, 6.07) is 5.02. The molecule has 4 nitrogen and oxygen atoms in total. The summed E-state index contributed by atoms with van der Waals surface area (Å²) in [4.78, 5) is 4.34. The lowest BCUT2D eigenvalue weighted by atomic mass is 10.2. The summed E-state index contributed by atoms with van der Waals surface area (Å²) >= 11 is 0. The number of benzene rings is 1. The first-order chi connectivity index (χ1) is 8.72. The van der Waals surface area contributed by atoms with Crippen molar-refractivity contribution in [1.29, 1.82) is 0 Å². The second-order valence-electron chi connectivity index (χ2n) is 4.80. The molecule has 0 aliphatic heterocycles. The highest BCUT2D eigenvalue weighted by Gasteiger charge is 2.30. The predicted octanol–water partition coefficient (Wildman–Crippen LogP) is 1.89. The maximum atomic E-state index is 13.7. The number of nitrogens with zero attached hydrogens (tertiary/aromatic N) is 2. The molecule has 0 saturated heterocycles. The first-order valence-electron chi connectivity index (χ1n) is 6.25. The molecular weight excluding hydrogens is 233 g/mol. The van der Waals surface area contributed by atoms with E-state index in [4.69, 9.17) is 10.8 Å². The number of aliphatic hydroxyl groups excluding tert-OH is 1. The largest absolute Gasteiger partial charge is 0.396 e. The van der Waals surface area contributed by atoms with Crippen LogP contribution in [0.5, 0.6) is 0 Å². The number of para-hydroxylation sites is 1. The monoisotopic (exact) mass is 249 g/mol. The number of imidazole rings is 1. The van der Waals surface area contributed by atoms with Crippen LogP contribution < -0.4 is 5.73 Å². The summed E-state index contributed by atoms with van der Waals surface area (Å²) in [6.07, 6.45) is 2.61. The third-order valence-corrected chi connectivity index (χ3v) is 3.38. The van der Waals surface area contributed by atoms with Gasteiger partial charge in [0.25, 0.3) is 0 Å². The minimum Gasteiger partial charge on any atom is -0.396 e. The lowest BCUT2D eigenvalue weighted by molar-refractivity contribution is 0.273. The zero-order valence-corrected chi connectivity index (χ0v) is 10.0. The van der Waals surface area contributed by atoms with Gasteiger partial charge in [-0.05, 0) is 31.4 Å². The van der Waals surface area contributed by atoms with Crippen molar-refractivity contribution in [3.63, 3.8) is 0 Å². The fourth-order valence-corrected chi connectivity index (χ4v) is 2.35. The van der Waals surface area contributed by atoms with E-state index in [0.29, 0.717) is 23.8 Å². The van der Waals surface area contributed by atoms with Gasteiger partial charge in [-0.2, -0.15) is 0 Å². The summed E-state index contributed by atoms with van der Waals surface area (Å²) in [5, 5.41) is 8.98. The molecule has 0 spiro atoms. The SMILES string of the molecule is NC(CCO)c1nc2c(F)cccc2n1C1CC1. The van der Waals surface area contributed by atoms with Crippen LogP contribution in [0.3, 0.4) is 0 Å². The Morgan fingerprint density at radius 1 is 1.50 bits per heavy atom. The summed E-state index contributed by atoms with van der Waals surface area (Å²) in [5.74, 6) is 0.371. The van der Waals surface area contributed by atoms with E-state index in [1.165, 1.54) is 6.07 Å². The molecule has 3 N–H and O–H groups in total. The summed E-state index contributed by atoms with van der Waals surface area (Å²) in [6.45, 7) is 0.0114. The third-order valence-electron chi connectivity index (χ3n) is 3.38. The van der Waals surface area contributed by atoms with Gasteiger partial charge in [0.1, 0.15) is 11.3 Å². The highest BCUT2D eigenvalue weighted by molar-refractivity contribution is 5.77. The van der Waals surface area contributed by atoms with Crippen LogP contribution in [-0.2, 0) is 0 Å². The normalized spacial score (nSPS) is 17.3. The van der Waals surface area contributed by atoms with Crippen LogP contribution in [-0.4, -0.2) is 21.3 Å². The van der Waals surface area contributed by atoms with Gasteiger partial charge in [0.15, 0.2) is 5.82 Å². The van der Waals surface area contributed by atoms with E-state index in [9.17, 15) is 4.39 Å². The van der Waals surface area contributed by atoms with Crippen LogP contribution in [0.15, 0.2) is 18.2 Å². The van der Waals surface area contributed by atoms with Crippen LogP contribution in [0.25, 0.3) is 11.0 Å². The molecule has 2 aromatic rings. The number of fused-ring (bicyclic) bond motifs is 1. The number of halogens is 1.